The van der Waals surface area contributed by atoms with Gasteiger partial charge in [0, 0.05) is 12.7 Å². The van der Waals surface area contributed by atoms with E-state index in [2.05, 4.69) is 39.8 Å². The van der Waals surface area contributed by atoms with Crippen LogP contribution in [0.4, 0.5) is 4.39 Å². The number of ether oxygens (including phenoxy) is 2. The number of methoxy groups -OCH3 is 2. The highest BCUT2D eigenvalue weighted by molar-refractivity contribution is 5.70. The minimum Gasteiger partial charge on any atom is -0.497 e. The van der Waals surface area contributed by atoms with Crippen LogP contribution in [0.25, 0.3) is 11.1 Å². The van der Waals surface area contributed by atoms with E-state index in [1.54, 1.807) is 26.4 Å². The summed E-state index contributed by atoms with van der Waals surface area (Å²) in [7, 11) is 3.32. The first-order chi connectivity index (χ1) is 11.9. The molecule has 0 saturated carbocycles. The Morgan fingerprint density at radius 2 is 1.72 bits per heavy atom. The van der Waals surface area contributed by atoms with Crippen LogP contribution in [0.15, 0.2) is 36.4 Å². The molecule has 3 heteroatoms. The summed E-state index contributed by atoms with van der Waals surface area (Å²) in [6.45, 7) is 8.65. The Bertz CT molecular complexity index is 722. The molecule has 1 atom stereocenters. The summed E-state index contributed by atoms with van der Waals surface area (Å²) in [6.07, 6.45) is 1.77. The van der Waals surface area contributed by atoms with Crippen LogP contribution in [0.2, 0.25) is 0 Å². The van der Waals surface area contributed by atoms with E-state index in [1.807, 2.05) is 6.07 Å². The molecule has 0 radical (unpaired) electrons. The van der Waals surface area contributed by atoms with E-state index in [0.29, 0.717) is 11.3 Å². The lowest BCUT2D eigenvalue weighted by Crippen LogP contribution is -2.23. The third-order valence-electron chi connectivity index (χ3n) is 5.13. The Kier molecular flexibility index (Phi) is 6.23. The highest BCUT2D eigenvalue weighted by Gasteiger charge is 2.31. The van der Waals surface area contributed by atoms with Gasteiger partial charge < -0.3 is 9.47 Å². The quantitative estimate of drug-likeness (QED) is 0.596. The second kappa shape index (κ2) is 8.01. The molecule has 1 unspecified atom stereocenters. The summed E-state index contributed by atoms with van der Waals surface area (Å²) in [5, 5.41) is 0. The Hall–Kier alpha value is -1.87. The normalized spacial score (nSPS) is 12.9. The molecule has 0 fully saturated rings. The summed E-state index contributed by atoms with van der Waals surface area (Å²) in [5.74, 6) is 0.390. The average molecular weight is 344 g/mol. The lowest BCUT2D eigenvalue weighted by Gasteiger charge is -2.34. The number of hydrogen-bond acceptors (Lipinski definition) is 2. The fraction of sp³-hybridized carbons (Fsp3) is 0.455. The number of benzene rings is 2. The molecule has 0 spiro atoms. The molecule has 0 bridgehead atoms. The van der Waals surface area contributed by atoms with Crippen molar-refractivity contribution in [2.45, 2.75) is 46.6 Å². The van der Waals surface area contributed by atoms with Gasteiger partial charge in [-0.15, -0.1) is 0 Å². The van der Waals surface area contributed by atoms with Gasteiger partial charge in [0.1, 0.15) is 11.6 Å². The van der Waals surface area contributed by atoms with Crippen molar-refractivity contribution in [2.24, 2.45) is 5.41 Å². The lowest BCUT2D eigenvalue weighted by molar-refractivity contribution is 0.00327. The Labute approximate surface area is 151 Å². The highest BCUT2D eigenvalue weighted by atomic mass is 19.1. The van der Waals surface area contributed by atoms with Crippen molar-refractivity contribution in [1.82, 2.24) is 0 Å². The van der Waals surface area contributed by atoms with Crippen molar-refractivity contribution in [3.63, 3.8) is 0 Å². The van der Waals surface area contributed by atoms with Crippen LogP contribution in [-0.2, 0) is 11.2 Å². The summed E-state index contributed by atoms with van der Waals surface area (Å²) >= 11 is 0. The predicted molar refractivity (Wildman–Crippen MR) is 102 cm³/mol. The fourth-order valence-corrected chi connectivity index (χ4v) is 3.18. The van der Waals surface area contributed by atoms with Crippen molar-refractivity contribution in [3.05, 3.63) is 53.3 Å². The maximum atomic E-state index is 14.6. The van der Waals surface area contributed by atoms with E-state index in [4.69, 9.17) is 9.47 Å². The molecular formula is C22H29FO2. The molecule has 0 aliphatic heterocycles. The van der Waals surface area contributed by atoms with Crippen LogP contribution in [0, 0.1) is 11.2 Å². The average Bonchev–Trinajstić information content (AvgIpc) is 2.62. The number of hydrogen-bond donors (Lipinski definition) is 0. The first-order valence-corrected chi connectivity index (χ1v) is 8.87. The molecule has 0 aliphatic rings. The second-order valence-electron chi connectivity index (χ2n) is 7.08. The first kappa shape index (κ1) is 19.5. The number of halogens is 1. The summed E-state index contributed by atoms with van der Waals surface area (Å²) in [5.41, 5.74) is 3.59. The van der Waals surface area contributed by atoms with Gasteiger partial charge in [-0.2, -0.15) is 0 Å². The van der Waals surface area contributed by atoms with E-state index in [-0.39, 0.29) is 17.3 Å². The first-order valence-electron chi connectivity index (χ1n) is 8.87. The van der Waals surface area contributed by atoms with E-state index in [1.165, 1.54) is 11.6 Å². The van der Waals surface area contributed by atoms with Crippen LogP contribution >= 0.6 is 0 Å². The minimum absolute atomic E-state index is 0.0643. The zero-order valence-electron chi connectivity index (χ0n) is 16.2. The maximum absolute atomic E-state index is 14.6. The number of aryl methyl sites for hydroxylation is 1. The molecule has 0 aliphatic carbocycles. The van der Waals surface area contributed by atoms with Gasteiger partial charge in [0.25, 0.3) is 0 Å². The van der Waals surface area contributed by atoms with Crippen LogP contribution in [0.1, 0.15) is 51.3 Å². The molecule has 0 heterocycles. The summed E-state index contributed by atoms with van der Waals surface area (Å²) in [6, 6.07) is 11.1. The Balaban J connectivity index is 2.71. The van der Waals surface area contributed by atoms with Crippen LogP contribution in [0.3, 0.4) is 0 Å². The second-order valence-corrected chi connectivity index (χ2v) is 7.08. The zero-order chi connectivity index (χ0) is 18.6. The molecule has 2 aromatic carbocycles. The van der Waals surface area contributed by atoms with Gasteiger partial charge in [-0.05, 0) is 53.1 Å². The molecule has 2 rings (SSSR count). The van der Waals surface area contributed by atoms with Crippen molar-refractivity contribution >= 4 is 0 Å². The highest BCUT2D eigenvalue weighted by Crippen LogP contribution is 2.43. The largest absolute Gasteiger partial charge is 0.497 e. The van der Waals surface area contributed by atoms with E-state index < -0.39 is 0 Å². The summed E-state index contributed by atoms with van der Waals surface area (Å²) in [4.78, 5) is 0. The summed E-state index contributed by atoms with van der Waals surface area (Å²) < 4.78 is 25.8. The van der Waals surface area contributed by atoms with Gasteiger partial charge in [0.2, 0.25) is 0 Å². The molecular weight excluding hydrogens is 315 g/mol. The molecule has 136 valence electrons. The fourth-order valence-electron chi connectivity index (χ4n) is 3.18. The maximum Gasteiger partial charge on any atom is 0.131 e. The third kappa shape index (κ3) is 4.04. The number of rotatable bonds is 7. The molecule has 0 saturated heterocycles. The third-order valence-corrected chi connectivity index (χ3v) is 5.13. The molecule has 0 amide bonds. The predicted octanol–water partition coefficient (Wildman–Crippen LogP) is 6.19. The Morgan fingerprint density at radius 3 is 2.28 bits per heavy atom. The monoisotopic (exact) mass is 344 g/mol. The van der Waals surface area contributed by atoms with Gasteiger partial charge in [-0.25, -0.2) is 4.39 Å². The molecule has 0 aromatic heterocycles. The van der Waals surface area contributed by atoms with Gasteiger partial charge in [0.15, 0.2) is 0 Å². The van der Waals surface area contributed by atoms with E-state index >= 15 is 0 Å². The van der Waals surface area contributed by atoms with Crippen molar-refractivity contribution in [1.29, 1.82) is 0 Å². The molecule has 0 N–H and O–H groups in total. The molecule has 2 nitrogen and oxygen atoms in total. The van der Waals surface area contributed by atoms with Crippen molar-refractivity contribution in [2.75, 3.05) is 14.2 Å². The van der Waals surface area contributed by atoms with Gasteiger partial charge in [0.05, 0.1) is 13.2 Å². The van der Waals surface area contributed by atoms with Gasteiger partial charge in [-0.1, -0.05) is 45.9 Å². The molecule has 25 heavy (non-hydrogen) atoms. The van der Waals surface area contributed by atoms with Crippen LogP contribution in [-0.4, -0.2) is 14.2 Å². The van der Waals surface area contributed by atoms with Gasteiger partial charge in [-0.3, -0.25) is 0 Å². The van der Waals surface area contributed by atoms with E-state index in [9.17, 15) is 4.39 Å². The van der Waals surface area contributed by atoms with Crippen molar-refractivity contribution in [3.8, 4) is 16.9 Å². The zero-order valence-corrected chi connectivity index (χ0v) is 16.2. The van der Waals surface area contributed by atoms with Crippen LogP contribution in [0.5, 0.6) is 5.75 Å². The smallest absolute Gasteiger partial charge is 0.131 e. The standard InChI is InChI=1S/C22H29FO2/c1-7-15-9-11-17(18-14-16(24-5)10-12-20(18)23)19(13-15)21(25-6)22(3,4)8-2/h9-14,21H,7-8H2,1-6H3. The van der Waals surface area contributed by atoms with E-state index in [0.717, 1.165) is 24.0 Å². The minimum atomic E-state index is -0.254. The van der Waals surface area contributed by atoms with Crippen molar-refractivity contribution < 1.29 is 13.9 Å². The molecule has 2 aromatic rings. The SMILES string of the molecule is CCc1ccc(-c2cc(OC)ccc2F)c(C(OC)C(C)(C)CC)c1. The lowest BCUT2D eigenvalue weighted by atomic mass is 9.77. The van der Waals surface area contributed by atoms with Gasteiger partial charge >= 0.3 is 0 Å². The Morgan fingerprint density at radius 1 is 1.00 bits per heavy atom. The van der Waals surface area contributed by atoms with Crippen LogP contribution < -0.4 is 4.74 Å². The topological polar surface area (TPSA) is 18.5 Å².